The summed E-state index contributed by atoms with van der Waals surface area (Å²) in [6.45, 7) is 1.88. The first-order chi connectivity index (χ1) is 12.4. The fourth-order valence-electron chi connectivity index (χ4n) is 2.27. The van der Waals surface area contributed by atoms with Gasteiger partial charge in [0, 0.05) is 5.56 Å². The Hall–Kier alpha value is -2.45. The number of fused-ring (bicyclic) bond motifs is 1. The zero-order valence-corrected chi connectivity index (χ0v) is 16.6. The lowest BCUT2D eigenvalue weighted by Crippen LogP contribution is -2.18. The maximum Gasteiger partial charge on any atom is 0.271 e. The standard InChI is InChI=1S/C18H12Br2N2O4/c1-9-2-3-15-12(4-9)16(23)11(8-26-15)7-21-22-18(25)10-5-13(19)17(24)14(20)6-10/h2-8,24H,1H3,(H,22,25)/b21-7-. The number of carbonyl (C=O) groups is 1. The van der Waals surface area contributed by atoms with Gasteiger partial charge in [-0.25, -0.2) is 5.43 Å². The van der Waals surface area contributed by atoms with Crippen LogP contribution in [0.25, 0.3) is 11.0 Å². The van der Waals surface area contributed by atoms with Crippen molar-refractivity contribution < 1.29 is 14.3 Å². The van der Waals surface area contributed by atoms with Crippen LogP contribution in [0.3, 0.4) is 0 Å². The van der Waals surface area contributed by atoms with Gasteiger partial charge in [-0.3, -0.25) is 9.59 Å². The smallest absolute Gasteiger partial charge is 0.271 e. The van der Waals surface area contributed by atoms with Crippen molar-refractivity contribution in [1.82, 2.24) is 5.43 Å². The third-order valence-electron chi connectivity index (χ3n) is 3.60. The van der Waals surface area contributed by atoms with Crippen LogP contribution in [0.2, 0.25) is 0 Å². The number of aromatic hydroxyl groups is 1. The van der Waals surface area contributed by atoms with E-state index in [1.54, 1.807) is 12.1 Å². The highest BCUT2D eigenvalue weighted by Gasteiger charge is 2.11. The van der Waals surface area contributed by atoms with Crippen LogP contribution in [0, 0.1) is 6.92 Å². The number of phenolic OH excluding ortho intramolecular Hbond substituents is 1. The molecule has 3 rings (SSSR count). The van der Waals surface area contributed by atoms with Gasteiger partial charge < -0.3 is 9.52 Å². The number of hydrazone groups is 1. The first-order valence-electron chi connectivity index (χ1n) is 7.40. The second kappa shape index (κ2) is 7.43. The van der Waals surface area contributed by atoms with E-state index in [1.807, 2.05) is 13.0 Å². The molecule has 2 aromatic carbocycles. The molecule has 8 heteroatoms. The van der Waals surface area contributed by atoms with E-state index in [0.29, 0.717) is 19.9 Å². The van der Waals surface area contributed by atoms with Gasteiger partial charge in [0.05, 0.1) is 26.1 Å². The monoisotopic (exact) mass is 478 g/mol. The Kier molecular flexibility index (Phi) is 5.24. The number of hydrogen-bond donors (Lipinski definition) is 2. The fourth-order valence-corrected chi connectivity index (χ4v) is 3.46. The van der Waals surface area contributed by atoms with E-state index in [1.165, 1.54) is 24.6 Å². The van der Waals surface area contributed by atoms with Crippen LogP contribution < -0.4 is 10.9 Å². The third kappa shape index (κ3) is 3.71. The van der Waals surface area contributed by atoms with Crippen LogP contribution in [0.4, 0.5) is 0 Å². The summed E-state index contributed by atoms with van der Waals surface area (Å²) >= 11 is 6.31. The molecule has 26 heavy (non-hydrogen) atoms. The van der Waals surface area contributed by atoms with E-state index >= 15 is 0 Å². The van der Waals surface area contributed by atoms with Gasteiger partial charge in [-0.05, 0) is 63.0 Å². The molecule has 0 saturated carbocycles. The first kappa shape index (κ1) is 18.3. The molecule has 0 saturated heterocycles. The number of hydrogen-bond acceptors (Lipinski definition) is 5. The minimum Gasteiger partial charge on any atom is -0.506 e. The second-order valence-electron chi connectivity index (χ2n) is 5.51. The van der Waals surface area contributed by atoms with E-state index in [2.05, 4.69) is 42.4 Å². The zero-order valence-electron chi connectivity index (χ0n) is 13.4. The molecule has 0 aliphatic carbocycles. The van der Waals surface area contributed by atoms with Crippen LogP contribution in [0.1, 0.15) is 21.5 Å². The number of halogens is 2. The Balaban J connectivity index is 1.83. The van der Waals surface area contributed by atoms with Crippen molar-refractivity contribution in [3.8, 4) is 5.75 Å². The molecular formula is C18H12Br2N2O4. The minimum absolute atomic E-state index is 0.00545. The minimum atomic E-state index is -0.497. The third-order valence-corrected chi connectivity index (χ3v) is 4.81. The van der Waals surface area contributed by atoms with Crippen molar-refractivity contribution in [3.63, 3.8) is 0 Å². The Bertz CT molecular complexity index is 1080. The molecular weight excluding hydrogens is 468 g/mol. The number of nitrogens with one attached hydrogen (secondary N) is 1. The molecule has 0 aliphatic rings. The summed E-state index contributed by atoms with van der Waals surface area (Å²) in [5, 5.41) is 13.9. The van der Waals surface area contributed by atoms with Gasteiger partial charge in [-0.15, -0.1) is 0 Å². The zero-order chi connectivity index (χ0) is 18.8. The molecule has 1 amide bonds. The molecule has 0 fully saturated rings. The fraction of sp³-hybridized carbons (Fsp3) is 0.0556. The van der Waals surface area contributed by atoms with Crippen molar-refractivity contribution in [3.05, 3.63) is 72.5 Å². The van der Waals surface area contributed by atoms with Crippen molar-refractivity contribution in [2.45, 2.75) is 6.92 Å². The van der Waals surface area contributed by atoms with Gasteiger partial charge in [-0.1, -0.05) is 11.6 Å². The number of rotatable bonds is 3. The first-order valence-corrected chi connectivity index (χ1v) is 8.99. The second-order valence-corrected chi connectivity index (χ2v) is 7.22. The Morgan fingerprint density at radius 2 is 1.92 bits per heavy atom. The molecule has 0 radical (unpaired) electrons. The summed E-state index contributed by atoms with van der Waals surface area (Å²) in [7, 11) is 0. The van der Waals surface area contributed by atoms with Crippen LogP contribution >= 0.6 is 31.9 Å². The van der Waals surface area contributed by atoms with E-state index in [-0.39, 0.29) is 22.3 Å². The Labute approximate surface area is 164 Å². The van der Waals surface area contributed by atoms with Gasteiger partial charge in [0.1, 0.15) is 17.6 Å². The summed E-state index contributed by atoms with van der Waals surface area (Å²) < 4.78 is 6.16. The number of aryl methyl sites for hydroxylation is 1. The molecule has 0 bridgehead atoms. The highest BCUT2D eigenvalue weighted by atomic mass is 79.9. The SMILES string of the molecule is Cc1ccc2occ(/C=N\NC(=O)c3cc(Br)c(O)c(Br)c3)c(=O)c2c1. The van der Waals surface area contributed by atoms with Gasteiger partial charge in [-0.2, -0.15) is 5.10 Å². The van der Waals surface area contributed by atoms with Gasteiger partial charge >= 0.3 is 0 Å². The molecule has 0 atom stereocenters. The van der Waals surface area contributed by atoms with Crippen molar-refractivity contribution in [1.29, 1.82) is 0 Å². The lowest BCUT2D eigenvalue weighted by molar-refractivity contribution is 0.0955. The Morgan fingerprint density at radius 3 is 2.62 bits per heavy atom. The average Bonchev–Trinajstić information content (AvgIpc) is 2.61. The summed E-state index contributed by atoms with van der Waals surface area (Å²) in [6.07, 6.45) is 2.53. The quantitative estimate of drug-likeness (QED) is 0.437. The average molecular weight is 480 g/mol. The van der Waals surface area contributed by atoms with Crippen LogP contribution in [-0.2, 0) is 0 Å². The van der Waals surface area contributed by atoms with E-state index in [0.717, 1.165) is 5.56 Å². The maximum atomic E-state index is 12.4. The molecule has 3 aromatic rings. The van der Waals surface area contributed by atoms with E-state index in [4.69, 9.17) is 4.42 Å². The molecule has 0 unspecified atom stereocenters. The number of phenols is 1. The van der Waals surface area contributed by atoms with Gasteiger partial charge in [0.25, 0.3) is 5.91 Å². The molecule has 1 heterocycles. The molecule has 2 N–H and O–H groups in total. The van der Waals surface area contributed by atoms with Crippen molar-refractivity contribution in [2.24, 2.45) is 5.10 Å². The summed E-state index contributed by atoms with van der Waals surface area (Å²) in [5.41, 5.74) is 4.03. The van der Waals surface area contributed by atoms with Crippen LogP contribution in [-0.4, -0.2) is 17.2 Å². The predicted octanol–water partition coefficient (Wildman–Crippen LogP) is 4.10. The topological polar surface area (TPSA) is 91.9 Å². The van der Waals surface area contributed by atoms with Crippen LogP contribution in [0.15, 0.2) is 59.9 Å². The summed E-state index contributed by atoms with van der Waals surface area (Å²) in [4.78, 5) is 24.6. The number of carbonyl (C=O) groups excluding carboxylic acids is 1. The normalized spacial score (nSPS) is 11.2. The highest BCUT2D eigenvalue weighted by Crippen LogP contribution is 2.33. The van der Waals surface area contributed by atoms with Gasteiger partial charge in [0.2, 0.25) is 5.43 Å². The molecule has 0 spiro atoms. The summed E-state index contributed by atoms with van der Waals surface area (Å²) in [5.74, 6) is -0.502. The molecule has 132 valence electrons. The molecule has 0 aliphatic heterocycles. The lowest BCUT2D eigenvalue weighted by Gasteiger charge is -2.04. The maximum absolute atomic E-state index is 12.4. The van der Waals surface area contributed by atoms with Gasteiger partial charge in [0.15, 0.2) is 0 Å². The summed E-state index contributed by atoms with van der Waals surface area (Å²) in [6, 6.07) is 8.24. The van der Waals surface area contributed by atoms with E-state index in [9.17, 15) is 14.7 Å². The van der Waals surface area contributed by atoms with Crippen molar-refractivity contribution >= 4 is 55.0 Å². The Morgan fingerprint density at radius 1 is 1.23 bits per heavy atom. The molecule has 6 nitrogen and oxygen atoms in total. The highest BCUT2D eigenvalue weighted by molar-refractivity contribution is 9.11. The predicted molar refractivity (Wildman–Crippen MR) is 106 cm³/mol. The number of benzene rings is 2. The van der Waals surface area contributed by atoms with Crippen LogP contribution in [0.5, 0.6) is 5.75 Å². The van der Waals surface area contributed by atoms with Crippen molar-refractivity contribution in [2.75, 3.05) is 0 Å². The molecule has 1 aromatic heterocycles. The largest absolute Gasteiger partial charge is 0.506 e. The lowest BCUT2D eigenvalue weighted by atomic mass is 10.1. The number of amides is 1. The van der Waals surface area contributed by atoms with E-state index < -0.39 is 5.91 Å². The number of nitrogens with zero attached hydrogens (tertiary/aromatic N) is 1.